The Balaban J connectivity index is 2.64. The topological polar surface area (TPSA) is 55.2 Å². The molecule has 84 valence electrons. The molecule has 15 heavy (non-hydrogen) atoms. The molecule has 0 aliphatic heterocycles. The highest BCUT2D eigenvalue weighted by Gasteiger charge is 2.11. The SMILES string of the molecule is CCOc1cncc(CC(O)C(C)C)n1. The molecule has 1 heterocycles. The molecule has 0 aliphatic rings. The summed E-state index contributed by atoms with van der Waals surface area (Å²) in [5.41, 5.74) is 0.766. The fourth-order valence-electron chi connectivity index (χ4n) is 1.15. The largest absolute Gasteiger partial charge is 0.477 e. The van der Waals surface area contributed by atoms with E-state index in [4.69, 9.17) is 4.74 Å². The Hall–Kier alpha value is -1.16. The van der Waals surface area contributed by atoms with Crippen molar-refractivity contribution < 1.29 is 9.84 Å². The van der Waals surface area contributed by atoms with Crippen LogP contribution >= 0.6 is 0 Å². The number of aliphatic hydroxyl groups excluding tert-OH is 1. The quantitative estimate of drug-likeness (QED) is 0.799. The summed E-state index contributed by atoms with van der Waals surface area (Å²) in [7, 11) is 0. The summed E-state index contributed by atoms with van der Waals surface area (Å²) in [6.07, 6.45) is 3.38. The lowest BCUT2D eigenvalue weighted by Gasteiger charge is -2.13. The van der Waals surface area contributed by atoms with Crippen molar-refractivity contribution in [2.45, 2.75) is 33.3 Å². The Labute approximate surface area is 90.3 Å². The highest BCUT2D eigenvalue weighted by Crippen LogP contribution is 2.10. The van der Waals surface area contributed by atoms with Crippen LogP contribution in [0.15, 0.2) is 12.4 Å². The van der Waals surface area contributed by atoms with Crippen molar-refractivity contribution in [3.05, 3.63) is 18.1 Å². The Kier molecular flexibility index (Phi) is 4.49. The van der Waals surface area contributed by atoms with E-state index in [0.717, 1.165) is 5.69 Å². The molecule has 1 rings (SSSR count). The van der Waals surface area contributed by atoms with E-state index in [2.05, 4.69) is 9.97 Å². The summed E-state index contributed by atoms with van der Waals surface area (Å²) in [4.78, 5) is 8.26. The van der Waals surface area contributed by atoms with Crippen LogP contribution in [0.4, 0.5) is 0 Å². The maximum atomic E-state index is 9.69. The van der Waals surface area contributed by atoms with Crippen LogP contribution in [0.5, 0.6) is 5.88 Å². The van der Waals surface area contributed by atoms with Crippen LogP contribution in [0.2, 0.25) is 0 Å². The molecule has 0 saturated carbocycles. The monoisotopic (exact) mass is 210 g/mol. The van der Waals surface area contributed by atoms with E-state index in [1.54, 1.807) is 12.4 Å². The molecule has 0 aromatic carbocycles. The Bertz CT molecular complexity index is 302. The van der Waals surface area contributed by atoms with Gasteiger partial charge >= 0.3 is 0 Å². The van der Waals surface area contributed by atoms with Gasteiger partial charge in [0.15, 0.2) is 0 Å². The highest BCUT2D eigenvalue weighted by molar-refractivity contribution is 5.09. The lowest BCUT2D eigenvalue weighted by Crippen LogP contribution is -2.18. The van der Waals surface area contributed by atoms with E-state index in [9.17, 15) is 5.11 Å². The molecule has 1 aromatic rings. The number of hydrogen-bond acceptors (Lipinski definition) is 4. The van der Waals surface area contributed by atoms with Crippen LogP contribution < -0.4 is 4.74 Å². The first-order valence-electron chi connectivity index (χ1n) is 5.25. The molecular weight excluding hydrogens is 192 g/mol. The third-order valence-corrected chi connectivity index (χ3v) is 2.14. The average Bonchev–Trinajstić information content (AvgIpc) is 2.18. The zero-order valence-corrected chi connectivity index (χ0v) is 9.47. The number of ether oxygens (including phenoxy) is 1. The molecule has 1 unspecified atom stereocenters. The van der Waals surface area contributed by atoms with Gasteiger partial charge in [0.1, 0.15) is 0 Å². The second kappa shape index (κ2) is 5.66. The first-order valence-corrected chi connectivity index (χ1v) is 5.25. The second-order valence-electron chi connectivity index (χ2n) is 3.80. The number of aromatic nitrogens is 2. The Morgan fingerprint density at radius 1 is 1.40 bits per heavy atom. The predicted molar refractivity (Wildman–Crippen MR) is 57.7 cm³/mol. The smallest absolute Gasteiger partial charge is 0.232 e. The van der Waals surface area contributed by atoms with Gasteiger partial charge in [0.2, 0.25) is 5.88 Å². The molecular formula is C11H18N2O2. The molecule has 1 N–H and O–H groups in total. The molecule has 0 amide bonds. The zero-order chi connectivity index (χ0) is 11.3. The first-order chi connectivity index (χ1) is 7.13. The summed E-state index contributed by atoms with van der Waals surface area (Å²) in [5, 5.41) is 9.69. The van der Waals surface area contributed by atoms with E-state index < -0.39 is 0 Å². The van der Waals surface area contributed by atoms with Gasteiger partial charge in [-0.05, 0) is 12.8 Å². The van der Waals surface area contributed by atoms with Crippen molar-refractivity contribution in [1.82, 2.24) is 9.97 Å². The molecule has 0 aliphatic carbocycles. The van der Waals surface area contributed by atoms with E-state index in [1.807, 2.05) is 20.8 Å². The maximum absolute atomic E-state index is 9.69. The third-order valence-electron chi connectivity index (χ3n) is 2.14. The van der Waals surface area contributed by atoms with Gasteiger partial charge in [0, 0.05) is 12.6 Å². The second-order valence-corrected chi connectivity index (χ2v) is 3.80. The van der Waals surface area contributed by atoms with Gasteiger partial charge in [-0.3, -0.25) is 4.98 Å². The van der Waals surface area contributed by atoms with E-state index in [1.165, 1.54) is 0 Å². The molecule has 1 aromatic heterocycles. The number of nitrogens with zero attached hydrogens (tertiary/aromatic N) is 2. The Morgan fingerprint density at radius 3 is 2.73 bits per heavy atom. The molecule has 0 bridgehead atoms. The first kappa shape index (κ1) is 11.9. The summed E-state index contributed by atoms with van der Waals surface area (Å²) >= 11 is 0. The minimum absolute atomic E-state index is 0.225. The van der Waals surface area contributed by atoms with Crippen molar-refractivity contribution in [3.63, 3.8) is 0 Å². The molecule has 0 saturated heterocycles. The third kappa shape index (κ3) is 3.83. The van der Waals surface area contributed by atoms with Crippen LogP contribution in [-0.2, 0) is 6.42 Å². The molecule has 1 atom stereocenters. The highest BCUT2D eigenvalue weighted by atomic mass is 16.5. The summed E-state index contributed by atoms with van der Waals surface area (Å²) < 4.78 is 5.23. The lowest BCUT2D eigenvalue weighted by atomic mass is 10.0. The predicted octanol–water partition coefficient (Wildman–Crippen LogP) is 1.43. The van der Waals surface area contributed by atoms with Crippen molar-refractivity contribution >= 4 is 0 Å². The van der Waals surface area contributed by atoms with Crippen molar-refractivity contribution in [3.8, 4) is 5.88 Å². The number of hydrogen-bond donors (Lipinski definition) is 1. The number of rotatable bonds is 5. The van der Waals surface area contributed by atoms with Crippen molar-refractivity contribution in [2.24, 2.45) is 5.92 Å². The molecule has 0 spiro atoms. The van der Waals surface area contributed by atoms with E-state index >= 15 is 0 Å². The minimum atomic E-state index is -0.379. The fourth-order valence-corrected chi connectivity index (χ4v) is 1.15. The minimum Gasteiger partial charge on any atom is -0.477 e. The van der Waals surface area contributed by atoms with Gasteiger partial charge in [0.25, 0.3) is 0 Å². The molecule has 0 radical (unpaired) electrons. The van der Waals surface area contributed by atoms with Gasteiger partial charge in [-0.2, -0.15) is 0 Å². The maximum Gasteiger partial charge on any atom is 0.232 e. The van der Waals surface area contributed by atoms with Gasteiger partial charge < -0.3 is 9.84 Å². The van der Waals surface area contributed by atoms with Gasteiger partial charge in [-0.15, -0.1) is 0 Å². The van der Waals surface area contributed by atoms with Crippen molar-refractivity contribution in [1.29, 1.82) is 0 Å². The van der Waals surface area contributed by atoms with E-state index in [-0.39, 0.29) is 12.0 Å². The van der Waals surface area contributed by atoms with Crippen LogP contribution in [-0.4, -0.2) is 27.8 Å². The van der Waals surface area contributed by atoms with Crippen LogP contribution in [0, 0.1) is 5.92 Å². The van der Waals surface area contributed by atoms with Crippen molar-refractivity contribution in [2.75, 3.05) is 6.61 Å². The van der Waals surface area contributed by atoms with Crippen LogP contribution in [0.3, 0.4) is 0 Å². The molecule has 4 nitrogen and oxygen atoms in total. The number of aliphatic hydroxyl groups is 1. The molecule has 4 heteroatoms. The summed E-state index contributed by atoms with van der Waals surface area (Å²) in [5.74, 6) is 0.744. The summed E-state index contributed by atoms with van der Waals surface area (Å²) in [6.45, 7) is 6.43. The normalized spacial score (nSPS) is 12.9. The summed E-state index contributed by atoms with van der Waals surface area (Å²) in [6, 6.07) is 0. The lowest BCUT2D eigenvalue weighted by molar-refractivity contribution is 0.124. The zero-order valence-electron chi connectivity index (χ0n) is 9.47. The van der Waals surface area contributed by atoms with Gasteiger partial charge in [0.05, 0.1) is 24.6 Å². The van der Waals surface area contributed by atoms with Gasteiger partial charge in [-0.1, -0.05) is 13.8 Å². The standard InChI is InChI=1S/C11H18N2O2/c1-4-15-11-7-12-6-9(13-11)5-10(14)8(2)3/h6-8,10,14H,4-5H2,1-3H3. The van der Waals surface area contributed by atoms with Crippen LogP contribution in [0.25, 0.3) is 0 Å². The van der Waals surface area contributed by atoms with Crippen LogP contribution in [0.1, 0.15) is 26.5 Å². The Morgan fingerprint density at radius 2 is 2.13 bits per heavy atom. The molecule has 0 fully saturated rings. The average molecular weight is 210 g/mol. The van der Waals surface area contributed by atoms with E-state index in [0.29, 0.717) is 18.9 Å². The fraction of sp³-hybridized carbons (Fsp3) is 0.636. The van der Waals surface area contributed by atoms with Gasteiger partial charge in [-0.25, -0.2) is 4.98 Å².